The number of likely N-dealkylation sites (N-methyl/N-ethyl adjacent to an activating group) is 1. The maximum Gasteiger partial charge on any atom is 0.0314 e. The summed E-state index contributed by atoms with van der Waals surface area (Å²) in [4.78, 5) is 1.45. The van der Waals surface area contributed by atoms with E-state index >= 15 is 0 Å². The summed E-state index contributed by atoms with van der Waals surface area (Å²) in [6, 6.07) is 11.4. The molecule has 3 heteroatoms. The smallest absolute Gasteiger partial charge is 0.0314 e. The molecule has 0 bridgehead atoms. The Labute approximate surface area is 134 Å². The number of rotatable bonds is 7. The van der Waals surface area contributed by atoms with Crippen LogP contribution in [-0.2, 0) is 12.8 Å². The fourth-order valence-electron chi connectivity index (χ4n) is 2.48. The van der Waals surface area contributed by atoms with Gasteiger partial charge >= 0.3 is 0 Å². The molecule has 108 valence electrons. The van der Waals surface area contributed by atoms with Crippen LogP contribution in [0.15, 0.2) is 40.2 Å². The first-order chi connectivity index (χ1) is 9.70. The van der Waals surface area contributed by atoms with Gasteiger partial charge in [-0.1, -0.05) is 31.2 Å². The molecule has 2 aromatic rings. The van der Waals surface area contributed by atoms with E-state index in [1.807, 2.05) is 11.3 Å². The van der Waals surface area contributed by atoms with Gasteiger partial charge < -0.3 is 5.32 Å². The second kappa shape index (κ2) is 7.96. The molecule has 0 aliphatic heterocycles. The predicted molar refractivity (Wildman–Crippen MR) is 92.7 cm³/mol. The fourth-order valence-corrected chi connectivity index (χ4v) is 4.08. The molecule has 1 nitrogen and oxygen atoms in total. The summed E-state index contributed by atoms with van der Waals surface area (Å²) in [6.07, 6.45) is 3.44. The molecule has 0 aliphatic carbocycles. The van der Waals surface area contributed by atoms with Gasteiger partial charge in [0.15, 0.2) is 0 Å². The van der Waals surface area contributed by atoms with Gasteiger partial charge in [-0.25, -0.2) is 0 Å². The average molecular weight is 352 g/mol. The molecule has 0 aliphatic rings. The van der Waals surface area contributed by atoms with E-state index in [2.05, 4.69) is 70.8 Å². The van der Waals surface area contributed by atoms with E-state index in [4.69, 9.17) is 0 Å². The van der Waals surface area contributed by atoms with Crippen LogP contribution in [0.1, 0.15) is 29.3 Å². The van der Waals surface area contributed by atoms with Crippen molar-refractivity contribution < 1.29 is 0 Å². The number of halogens is 1. The van der Waals surface area contributed by atoms with Gasteiger partial charge in [0.25, 0.3) is 0 Å². The molecule has 1 heterocycles. The quantitative estimate of drug-likeness (QED) is 0.742. The molecule has 0 spiro atoms. The van der Waals surface area contributed by atoms with E-state index in [1.165, 1.54) is 26.9 Å². The van der Waals surface area contributed by atoms with Gasteiger partial charge in [0.1, 0.15) is 0 Å². The Morgan fingerprint density at radius 1 is 1.25 bits per heavy atom. The summed E-state index contributed by atoms with van der Waals surface area (Å²) < 4.78 is 1.25. The first-order valence-corrected chi connectivity index (χ1v) is 8.87. The minimum absolute atomic E-state index is 0.551. The van der Waals surface area contributed by atoms with E-state index in [-0.39, 0.29) is 0 Å². The van der Waals surface area contributed by atoms with Crippen molar-refractivity contribution in [2.24, 2.45) is 0 Å². The van der Waals surface area contributed by atoms with Gasteiger partial charge in [0.2, 0.25) is 0 Å². The number of nitrogens with one attached hydrogen (secondary N) is 1. The highest BCUT2D eigenvalue weighted by atomic mass is 79.9. The Balaban J connectivity index is 1.96. The first kappa shape index (κ1) is 15.7. The second-order valence-electron chi connectivity index (χ2n) is 5.12. The van der Waals surface area contributed by atoms with Crippen LogP contribution in [0.3, 0.4) is 0 Å². The van der Waals surface area contributed by atoms with Crippen molar-refractivity contribution in [3.05, 3.63) is 56.2 Å². The maximum absolute atomic E-state index is 3.64. The number of hydrogen-bond donors (Lipinski definition) is 1. The summed E-state index contributed by atoms with van der Waals surface area (Å²) in [6.45, 7) is 5.42. The molecular weight excluding hydrogens is 330 g/mol. The molecule has 1 N–H and O–H groups in total. The SMILES string of the molecule is CCNC(CCc1ccccc1C)Cc1sccc1Br. The lowest BCUT2D eigenvalue weighted by Crippen LogP contribution is -2.31. The largest absolute Gasteiger partial charge is 0.314 e. The Kier molecular flexibility index (Phi) is 6.27. The van der Waals surface area contributed by atoms with Gasteiger partial charge in [0, 0.05) is 15.4 Å². The fraction of sp³-hybridized carbons (Fsp3) is 0.412. The van der Waals surface area contributed by atoms with Gasteiger partial charge in [-0.3, -0.25) is 0 Å². The highest BCUT2D eigenvalue weighted by molar-refractivity contribution is 9.10. The van der Waals surface area contributed by atoms with Gasteiger partial charge in [0.05, 0.1) is 0 Å². The summed E-state index contributed by atoms with van der Waals surface area (Å²) in [5, 5.41) is 5.78. The average Bonchev–Trinajstić information content (AvgIpc) is 2.83. The molecule has 0 amide bonds. The normalized spacial score (nSPS) is 12.6. The number of benzene rings is 1. The highest BCUT2D eigenvalue weighted by Crippen LogP contribution is 2.25. The molecule has 0 saturated carbocycles. The number of thiophene rings is 1. The Morgan fingerprint density at radius 2 is 2.05 bits per heavy atom. The van der Waals surface area contributed by atoms with Gasteiger partial charge in [-0.05, 0) is 71.2 Å². The standard InChI is InChI=1S/C17H22BrNS/c1-3-19-15(12-17-16(18)10-11-20-17)9-8-14-7-5-4-6-13(14)2/h4-7,10-11,15,19H,3,8-9,12H2,1-2H3. The zero-order valence-electron chi connectivity index (χ0n) is 12.2. The monoisotopic (exact) mass is 351 g/mol. The van der Waals surface area contributed by atoms with Crippen molar-refractivity contribution in [1.29, 1.82) is 0 Å². The lowest BCUT2D eigenvalue weighted by Gasteiger charge is -2.18. The molecule has 2 rings (SSSR count). The topological polar surface area (TPSA) is 12.0 Å². The third-order valence-corrected chi connectivity index (χ3v) is 5.59. The van der Waals surface area contributed by atoms with Gasteiger partial charge in [-0.2, -0.15) is 0 Å². The molecule has 0 radical (unpaired) electrons. The third kappa shape index (κ3) is 4.44. The van der Waals surface area contributed by atoms with Crippen LogP contribution in [-0.4, -0.2) is 12.6 Å². The van der Waals surface area contributed by atoms with Crippen molar-refractivity contribution in [2.75, 3.05) is 6.54 Å². The minimum Gasteiger partial charge on any atom is -0.314 e. The summed E-state index contributed by atoms with van der Waals surface area (Å²) in [7, 11) is 0. The van der Waals surface area contributed by atoms with Crippen LogP contribution in [0.25, 0.3) is 0 Å². The van der Waals surface area contributed by atoms with Crippen LogP contribution >= 0.6 is 27.3 Å². The van der Waals surface area contributed by atoms with E-state index < -0.39 is 0 Å². The van der Waals surface area contributed by atoms with Crippen molar-refractivity contribution in [2.45, 2.75) is 39.2 Å². The first-order valence-electron chi connectivity index (χ1n) is 7.20. The van der Waals surface area contributed by atoms with Crippen LogP contribution in [0.2, 0.25) is 0 Å². The van der Waals surface area contributed by atoms with Crippen molar-refractivity contribution in [3.63, 3.8) is 0 Å². The number of aryl methyl sites for hydroxylation is 2. The molecule has 0 fully saturated rings. The Bertz CT molecular complexity index is 535. The third-order valence-electron chi connectivity index (χ3n) is 3.64. The van der Waals surface area contributed by atoms with E-state index in [0.717, 1.165) is 19.4 Å². The Hall–Kier alpha value is -0.640. The van der Waals surface area contributed by atoms with E-state index in [1.54, 1.807) is 0 Å². The highest BCUT2D eigenvalue weighted by Gasteiger charge is 2.12. The van der Waals surface area contributed by atoms with Crippen LogP contribution in [0.4, 0.5) is 0 Å². The minimum atomic E-state index is 0.551. The van der Waals surface area contributed by atoms with Crippen LogP contribution < -0.4 is 5.32 Å². The number of hydrogen-bond acceptors (Lipinski definition) is 2. The van der Waals surface area contributed by atoms with E-state index in [9.17, 15) is 0 Å². The zero-order chi connectivity index (χ0) is 14.4. The lowest BCUT2D eigenvalue weighted by atomic mass is 9.99. The molecule has 1 atom stereocenters. The molecule has 20 heavy (non-hydrogen) atoms. The molecule has 0 saturated heterocycles. The van der Waals surface area contributed by atoms with Gasteiger partial charge in [-0.15, -0.1) is 11.3 Å². The summed E-state index contributed by atoms with van der Waals surface area (Å²) in [5.74, 6) is 0. The van der Waals surface area contributed by atoms with Crippen molar-refractivity contribution in [3.8, 4) is 0 Å². The lowest BCUT2D eigenvalue weighted by molar-refractivity contribution is 0.493. The Morgan fingerprint density at radius 3 is 2.70 bits per heavy atom. The van der Waals surface area contributed by atoms with Crippen LogP contribution in [0.5, 0.6) is 0 Å². The van der Waals surface area contributed by atoms with Crippen LogP contribution in [0, 0.1) is 6.92 Å². The molecule has 1 aromatic heterocycles. The summed E-state index contributed by atoms with van der Waals surface area (Å²) in [5.41, 5.74) is 2.88. The van der Waals surface area contributed by atoms with E-state index in [0.29, 0.717) is 6.04 Å². The van der Waals surface area contributed by atoms with Crippen molar-refractivity contribution >= 4 is 27.3 Å². The second-order valence-corrected chi connectivity index (χ2v) is 6.97. The molecule has 1 unspecified atom stereocenters. The molecule has 1 aromatic carbocycles. The zero-order valence-corrected chi connectivity index (χ0v) is 14.6. The maximum atomic E-state index is 3.64. The molecular formula is C17H22BrNS. The predicted octanol–water partition coefficient (Wildman–Crippen LogP) is 4.97. The summed E-state index contributed by atoms with van der Waals surface area (Å²) >= 11 is 5.48. The van der Waals surface area contributed by atoms with Crippen molar-refractivity contribution in [1.82, 2.24) is 5.32 Å².